The van der Waals surface area contributed by atoms with Gasteiger partial charge >= 0.3 is 0 Å². The predicted molar refractivity (Wildman–Crippen MR) is 97.0 cm³/mol. The summed E-state index contributed by atoms with van der Waals surface area (Å²) in [7, 11) is 0. The number of fused-ring (bicyclic) bond motifs is 1. The van der Waals surface area contributed by atoms with Gasteiger partial charge < -0.3 is 15.1 Å². The fourth-order valence-electron chi connectivity index (χ4n) is 3.46. The molecule has 6 nitrogen and oxygen atoms in total. The van der Waals surface area contributed by atoms with Crippen molar-refractivity contribution in [3.8, 4) is 0 Å². The van der Waals surface area contributed by atoms with Crippen LogP contribution in [0.5, 0.6) is 0 Å². The van der Waals surface area contributed by atoms with E-state index in [1.807, 2.05) is 0 Å². The molecule has 0 atom stereocenters. The summed E-state index contributed by atoms with van der Waals surface area (Å²) in [6.45, 7) is 1.61. The first kappa shape index (κ1) is 17.2. The molecular formula is C20H18FN3O3. The fraction of sp³-hybridized carbons (Fsp3) is 0.250. The van der Waals surface area contributed by atoms with Crippen LogP contribution < -0.4 is 5.32 Å². The second-order valence-corrected chi connectivity index (χ2v) is 6.69. The maximum atomic E-state index is 13.3. The Morgan fingerprint density at radius 1 is 0.889 bits per heavy atom. The van der Waals surface area contributed by atoms with Gasteiger partial charge in [0.15, 0.2) is 0 Å². The second kappa shape index (κ2) is 6.83. The summed E-state index contributed by atoms with van der Waals surface area (Å²) in [6, 6.07) is 10.8. The molecule has 1 fully saturated rings. The molecule has 2 aromatic rings. The second-order valence-electron chi connectivity index (χ2n) is 6.69. The van der Waals surface area contributed by atoms with Crippen molar-refractivity contribution in [1.82, 2.24) is 9.80 Å². The number of nitrogens with zero attached hydrogens (tertiary/aromatic N) is 2. The molecule has 4 rings (SSSR count). The molecule has 0 bridgehead atoms. The summed E-state index contributed by atoms with van der Waals surface area (Å²) < 4.78 is 13.3. The molecule has 2 heterocycles. The monoisotopic (exact) mass is 367 g/mol. The summed E-state index contributed by atoms with van der Waals surface area (Å²) in [4.78, 5) is 40.0. The van der Waals surface area contributed by atoms with E-state index < -0.39 is 5.82 Å². The summed E-state index contributed by atoms with van der Waals surface area (Å²) in [6.07, 6.45) is 0.284. The smallest absolute Gasteiger partial charge is 0.254 e. The lowest BCUT2D eigenvalue weighted by Gasteiger charge is -2.35. The zero-order chi connectivity index (χ0) is 19.0. The van der Waals surface area contributed by atoms with E-state index in [2.05, 4.69) is 5.32 Å². The maximum absolute atomic E-state index is 13.3. The number of carbonyl (C=O) groups excluding carboxylic acids is 3. The number of benzene rings is 2. The molecule has 2 aliphatic rings. The van der Waals surface area contributed by atoms with E-state index >= 15 is 0 Å². The molecule has 0 aromatic heterocycles. The molecule has 27 heavy (non-hydrogen) atoms. The van der Waals surface area contributed by atoms with Gasteiger partial charge in [-0.25, -0.2) is 4.39 Å². The first-order chi connectivity index (χ1) is 13.0. The Labute approximate surface area is 155 Å². The van der Waals surface area contributed by atoms with E-state index in [0.717, 1.165) is 11.3 Å². The van der Waals surface area contributed by atoms with Gasteiger partial charge in [-0.15, -0.1) is 0 Å². The Morgan fingerprint density at radius 3 is 2.15 bits per heavy atom. The average Bonchev–Trinajstić information content (AvgIpc) is 3.06. The minimum atomic E-state index is -0.445. The van der Waals surface area contributed by atoms with E-state index in [4.69, 9.17) is 0 Å². The SMILES string of the molecule is O=C1Cc2cc(C(=O)N3CCN(C(=O)c4cccc(F)c4)CC3)ccc2N1. The van der Waals surface area contributed by atoms with Gasteiger partial charge in [0.2, 0.25) is 5.91 Å². The number of halogens is 1. The Balaban J connectivity index is 1.40. The molecule has 1 saturated heterocycles. The number of piperazine rings is 1. The summed E-state index contributed by atoms with van der Waals surface area (Å²) >= 11 is 0. The fourth-order valence-corrected chi connectivity index (χ4v) is 3.46. The van der Waals surface area contributed by atoms with Crippen LogP contribution >= 0.6 is 0 Å². The van der Waals surface area contributed by atoms with Crippen LogP contribution in [0.1, 0.15) is 26.3 Å². The van der Waals surface area contributed by atoms with Gasteiger partial charge in [0.05, 0.1) is 6.42 Å². The highest BCUT2D eigenvalue weighted by Gasteiger charge is 2.27. The molecule has 1 N–H and O–H groups in total. The minimum Gasteiger partial charge on any atom is -0.335 e. The number of rotatable bonds is 2. The number of hydrogen-bond donors (Lipinski definition) is 1. The van der Waals surface area contributed by atoms with Gasteiger partial charge in [-0.3, -0.25) is 14.4 Å². The molecule has 2 aliphatic heterocycles. The highest BCUT2D eigenvalue weighted by Crippen LogP contribution is 2.24. The normalized spacial score (nSPS) is 16.1. The Bertz CT molecular complexity index is 936. The van der Waals surface area contributed by atoms with Crippen molar-refractivity contribution in [2.75, 3.05) is 31.5 Å². The Kier molecular flexibility index (Phi) is 4.35. The number of amides is 3. The molecular weight excluding hydrogens is 349 g/mol. The van der Waals surface area contributed by atoms with Gasteiger partial charge in [0.25, 0.3) is 11.8 Å². The zero-order valence-corrected chi connectivity index (χ0v) is 14.6. The number of hydrogen-bond acceptors (Lipinski definition) is 3. The molecule has 0 unspecified atom stereocenters. The van der Waals surface area contributed by atoms with Crippen molar-refractivity contribution < 1.29 is 18.8 Å². The van der Waals surface area contributed by atoms with Crippen LogP contribution in [-0.4, -0.2) is 53.7 Å². The number of anilines is 1. The Morgan fingerprint density at radius 2 is 1.52 bits per heavy atom. The molecule has 0 spiro atoms. The molecule has 0 aliphatic carbocycles. The van der Waals surface area contributed by atoms with Crippen molar-refractivity contribution in [3.63, 3.8) is 0 Å². The topological polar surface area (TPSA) is 69.7 Å². The summed E-state index contributed by atoms with van der Waals surface area (Å²) in [5.74, 6) is -0.864. The molecule has 138 valence electrons. The van der Waals surface area contributed by atoms with Gasteiger partial charge in [0.1, 0.15) is 5.82 Å². The standard InChI is InChI=1S/C20H18FN3O3/c21-16-3-1-2-13(11-16)19(26)23-6-8-24(9-7-23)20(27)14-4-5-17-15(10-14)12-18(25)22-17/h1-5,10-11H,6-9,12H2,(H,22,25). The maximum Gasteiger partial charge on any atom is 0.254 e. The Hall–Kier alpha value is -3.22. The lowest BCUT2D eigenvalue weighted by atomic mass is 10.1. The molecule has 2 aromatic carbocycles. The highest BCUT2D eigenvalue weighted by molar-refractivity contribution is 6.01. The van der Waals surface area contributed by atoms with Crippen LogP contribution in [0.2, 0.25) is 0 Å². The van der Waals surface area contributed by atoms with Crippen LogP contribution in [-0.2, 0) is 11.2 Å². The van der Waals surface area contributed by atoms with Crippen LogP contribution in [0.25, 0.3) is 0 Å². The average molecular weight is 367 g/mol. The quantitative estimate of drug-likeness (QED) is 0.882. The number of carbonyl (C=O) groups is 3. The van der Waals surface area contributed by atoms with Crippen molar-refractivity contribution in [2.24, 2.45) is 0 Å². The van der Waals surface area contributed by atoms with E-state index in [9.17, 15) is 18.8 Å². The van der Waals surface area contributed by atoms with Gasteiger partial charge in [-0.1, -0.05) is 6.07 Å². The van der Waals surface area contributed by atoms with E-state index in [-0.39, 0.29) is 24.1 Å². The first-order valence-corrected chi connectivity index (χ1v) is 8.78. The van der Waals surface area contributed by atoms with E-state index in [1.54, 1.807) is 34.1 Å². The van der Waals surface area contributed by atoms with Crippen molar-refractivity contribution in [3.05, 3.63) is 65.0 Å². The largest absolute Gasteiger partial charge is 0.335 e. The number of nitrogens with one attached hydrogen (secondary N) is 1. The summed E-state index contributed by atoms with van der Waals surface area (Å²) in [5.41, 5.74) is 2.42. The molecule has 3 amide bonds. The lowest BCUT2D eigenvalue weighted by molar-refractivity contribution is -0.115. The third-order valence-corrected chi connectivity index (χ3v) is 4.90. The third-order valence-electron chi connectivity index (χ3n) is 4.90. The third kappa shape index (κ3) is 3.40. The first-order valence-electron chi connectivity index (χ1n) is 8.78. The molecule has 0 saturated carbocycles. The lowest BCUT2D eigenvalue weighted by Crippen LogP contribution is -2.50. The van der Waals surface area contributed by atoms with Crippen LogP contribution in [0.15, 0.2) is 42.5 Å². The molecule has 0 radical (unpaired) electrons. The predicted octanol–water partition coefficient (Wildman–Crippen LogP) is 1.92. The van der Waals surface area contributed by atoms with E-state index in [1.165, 1.54) is 18.2 Å². The highest BCUT2D eigenvalue weighted by atomic mass is 19.1. The summed E-state index contributed by atoms with van der Waals surface area (Å²) in [5, 5.41) is 2.75. The van der Waals surface area contributed by atoms with Gasteiger partial charge in [-0.2, -0.15) is 0 Å². The van der Waals surface area contributed by atoms with Crippen LogP contribution in [0.4, 0.5) is 10.1 Å². The van der Waals surface area contributed by atoms with Crippen LogP contribution in [0.3, 0.4) is 0 Å². The van der Waals surface area contributed by atoms with Crippen molar-refractivity contribution in [2.45, 2.75) is 6.42 Å². The van der Waals surface area contributed by atoms with Crippen LogP contribution in [0, 0.1) is 5.82 Å². The van der Waals surface area contributed by atoms with Crippen molar-refractivity contribution in [1.29, 1.82) is 0 Å². The minimum absolute atomic E-state index is 0.0703. The molecule has 7 heteroatoms. The van der Waals surface area contributed by atoms with Gasteiger partial charge in [0, 0.05) is 43.0 Å². The zero-order valence-electron chi connectivity index (χ0n) is 14.6. The van der Waals surface area contributed by atoms with Gasteiger partial charge in [-0.05, 0) is 42.0 Å². The van der Waals surface area contributed by atoms with Crippen molar-refractivity contribution >= 4 is 23.4 Å². The van der Waals surface area contributed by atoms with E-state index in [0.29, 0.717) is 37.3 Å².